The molecular weight excluding hydrogens is 344 g/mol. The summed E-state index contributed by atoms with van der Waals surface area (Å²) in [6.45, 7) is 0. The Balaban J connectivity index is 1.62. The van der Waals surface area contributed by atoms with Crippen LogP contribution >= 0.6 is 11.3 Å². The number of nitrogens with one attached hydrogen (secondary N) is 2. The van der Waals surface area contributed by atoms with Crippen LogP contribution in [0.4, 0.5) is 11.4 Å². The highest BCUT2D eigenvalue weighted by atomic mass is 32.1. The van der Waals surface area contributed by atoms with Crippen molar-refractivity contribution in [1.82, 2.24) is 0 Å². The van der Waals surface area contributed by atoms with Crippen LogP contribution in [0.5, 0.6) is 0 Å². The number of allylic oxidation sites excluding steroid dienone is 1. The molecule has 0 spiro atoms. The van der Waals surface area contributed by atoms with Gasteiger partial charge in [0.2, 0.25) is 0 Å². The molecule has 2 aromatic heterocycles. The van der Waals surface area contributed by atoms with Crippen LogP contribution in [-0.2, 0) is 4.79 Å². The fraction of sp³-hybridized carbons (Fsp3) is 0.190. The van der Waals surface area contributed by atoms with Crippen molar-refractivity contribution in [1.29, 1.82) is 0 Å². The van der Waals surface area contributed by atoms with Crippen LogP contribution in [0.3, 0.4) is 0 Å². The van der Waals surface area contributed by atoms with Gasteiger partial charge in [0.15, 0.2) is 5.78 Å². The zero-order valence-electron chi connectivity index (χ0n) is 14.1. The Morgan fingerprint density at radius 1 is 1.00 bits per heavy atom. The summed E-state index contributed by atoms with van der Waals surface area (Å²) in [5, 5.41) is 9.18. The molecule has 26 heavy (non-hydrogen) atoms. The molecule has 0 unspecified atom stereocenters. The molecule has 0 saturated carbocycles. The SMILES string of the molecule is O=C1C[C@H](c2ccco2)CC2=C1[C@@H](c1cccs1)Nc1ccccc1N2. The molecule has 2 N–H and O–H groups in total. The van der Waals surface area contributed by atoms with Crippen molar-refractivity contribution in [3.63, 3.8) is 0 Å². The van der Waals surface area contributed by atoms with Gasteiger partial charge in [-0.1, -0.05) is 18.2 Å². The predicted octanol–water partition coefficient (Wildman–Crippen LogP) is 5.32. The van der Waals surface area contributed by atoms with E-state index < -0.39 is 0 Å². The normalized spacial score (nSPS) is 22.1. The maximum Gasteiger partial charge on any atom is 0.163 e. The van der Waals surface area contributed by atoms with E-state index >= 15 is 0 Å². The summed E-state index contributed by atoms with van der Waals surface area (Å²) >= 11 is 1.67. The van der Waals surface area contributed by atoms with Gasteiger partial charge in [0.05, 0.1) is 23.7 Å². The van der Waals surface area contributed by atoms with E-state index in [0.29, 0.717) is 6.42 Å². The Kier molecular flexibility index (Phi) is 3.68. The zero-order chi connectivity index (χ0) is 17.5. The largest absolute Gasteiger partial charge is 0.469 e. The number of thiophene rings is 1. The number of carbonyl (C=O) groups is 1. The van der Waals surface area contributed by atoms with Crippen molar-refractivity contribution >= 4 is 28.5 Å². The van der Waals surface area contributed by atoms with E-state index in [1.165, 1.54) is 0 Å². The molecule has 1 aromatic carbocycles. The van der Waals surface area contributed by atoms with E-state index in [4.69, 9.17) is 4.42 Å². The molecule has 2 atom stereocenters. The number of benzene rings is 1. The van der Waals surface area contributed by atoms with Crippen molar-refractivity contribution < 1.29 is 9.21 Å². The van der Waals surface area contributed by atoms with E-state index in [2.05, 4.69) is 28.1 Å². The highest BCUT2D eigenvalue weighted by Gasteiger charge is 2.37. The fourth-order valence-electron chi connectivity index (χ4n) is 3.89. The number of rotatable bonds is 2. The zero-order valence-corrected chi connectivity index (χ0v) is 14.9. The first kappa shape index (κ1) is 15.5. The molecule has 1 aliphatic carbocycles. The second kappa shape index (κ2) is 6.18. The Bertz CT molecular complexity index is 973. The van der Waals surface area contributed by atoms with Crippen LogP contribution in [0.25, 0.3) is 0 Å². The Labute approximate surface area is 155 Å². The summed E-state index contributed by atoms with van der Waals surface area (Å²) in [5.74, 6) is 1.14. The van der Waals surface area contributed by atoms with Gasteiger partial charge in [0.25, 0.3) is 0 Å². The lowest BCUT2D eigenvalue weighted by Crippen LogP contribution is -2.26. The lowest BCUT2D eigenvalue weighted by Gasteiger charge is -2.28. The maximum absolute atomic E-state index is 13.2. The smallest absolute Gasteiger partial charge is 0.163 e. The lowest BCUT2D eigenvalue weighted by atomic mass is 9.81. The second-order valence-corrected chi connectivity index (χ2v) is 7.68. The van der Waals surface area contributed by atoms with E-state index in [0.717, 1.165) is 39.7 Å². The summed E-state index contributed by atoms with van der Waals surface area (Å²) in [6, 6.07) is 16.0. The quantitative estimate of drug-likeness (QED) is 0.648. The first-order chi connectivity index (χ1) is 12.8. The van der Waals surface area contributed by atoms with Gasteiger partial charge in [-0.15, -0.1) is 11.3 Å². The first-order valence-electron chi connectivity index (χ1n) is 8.75. The molecule has 5 heteroatoms. The molecule has 5 rings (SSSR count). The van der Waals surface area contributed by atoms with Gasteiger partial charge in [-0.05, 0) is 42.1 Å². The molecule has 2 aliphatic rings. The van der Waals surface area contributed by atoms with Crippen molar-refractivity contribution in [2.24, 2.45) is 0 Å². The first-order valence-corrected chi connectivity index (χ1v) is 9.63. The van der Waals surface area contributed by atoms with E-state index in [9.17, 15) is 4.79 Å². The number of furan rings is 1. The van der Waals surface area contributed by atoms with Crippen molar-refractivity contribution in [3.8, 4) is 0 Å². The summed E-state index contributed by atoms with van der Waals surface area (Å²) < 4.78 is 5.58. The molecule has 3 aromatic rings. The molecule has 1 aliphatic heterocycles. The summed E-state index contributed by atoms with van der Waals surface area (Å²) in [5.41, 5.74) is 3.87. The van der Waals surface area contributed by atoms with Crippen LogP contribution in [0.2, 0.25) is 0 Å². The minimum absolute atomic E-state index is 0.0815. The average Bonchev–Trinajstić information content (AvgIpc) is 3.33. The van der Waals surface area contributed by atoms with Crippen LogP contribution in [-0.4, -0.2) is 5.78 Å². The number of Topliss-reactive ketones (excluding diaryl/α,β-unsaturated/α-hetero) is 1. The van der Waals surface area contributed by atoms with Gasteiger partial charge in [-0.25, -0.2) is 0 Å². The number of fused-ring (bicyclic) bond motifs is 1. The third-order valence-electron chi connectivity index (χ3n) is 5.08. The highest BCUT2D eigenvalue weighted by molar-refractivity contribution is 7.10. The average molecular weight is 362 g/mol. The minimum atomic E-state index is -0.119. The van der Waals surface area contributed by atoms with Gasteiger partial charge in [0, 0.05) is 28.5 Å². The van der Waals surface area contributed by atoms with Gasteiger partial charge in [-0.3, -0.25) is 4.79 Å². The van der Waals surface area contributed by atoms with E-state index in [1.807, 2.05) is 36.4 Å². The standard InChI is InChI=1S/C21H18N2O2S/c24-17-12-13(18-7-3-9-25-18)11-16-20(17)21(19-8-4-10-26-19)23-15-6-2-1-5-14(15)22-16/h1-10,13,21-23H,11-12H2/t13-,21-/m1/s1. The molecule has 0 radical (unpaired) electrons. The number of para-hydroxylation sites is 2. The van der Waals surface area contributed by atoms with Crippen LogP contribution < -0.4 is 10.6 Å². The van der Waals surface area contributed by atoms with Crippen molar-refractivity contribution in [2.75, 3.05) is 10.6 Å². The predicted molar refractivity (Wildman–Crippen MR) is 103 cm³/mol. The molecule has 0 bridgehead atoms. The highest BCUT2D eigenvalue weighted by Crippen LogP contribution is 2.44. The van der Waals surface area contributed by atoms with Crippen molar-refractivity contribution in [2.45, 2.75) is 24.8 Å². The van der Waals surface area contributed by atoms with Gasteiger partial charge in [0.1, 0.15) is 5.76 Å². The van der Waals surface area contributed by atoms with Gasteiger partial charge < -0.3 is 15.1 Å². The Morgan fingerprint density at radius 3 is 2.65 bits per heavy atom. The molecule has 0 amide bonds. The number of hydrogen-bond donors (Lipinski definition) is 2. The molecular formula is C21H18N2O2S. The molecule has 130 valence electrons. The molecule has 0 fully saturated rings. The van der Waals surface area contributed by atoms with Crippen LogP contribution in [0.1, 0.15) is 35.4 Å². The second-order valence-electron chi connectivity index (χ2n) is 6.70. The summed E-state index contributed by atoms with van der Waals surface area (Å²) in [7, 11) is 0. The van der Waals surface area contributed by atoms with Crippen molar-refractivity contribution in [3.05, 3.63) is 82.1 Å². The summed E-state index contributed by atoms with van der Waals surface area (Å²) in [6.07, 6.45) is 2.93. The number of ketones is 1. The number of anilines is 2. The van der Waals surface area contributed by atoms with Gasteiger partial charge in [-0.2, -0.15) is 0 Å². The fourth-order valence-corrected chi connectivity index (χ4v) is 4.67. The maximum atomic E-state index is 13.2. The number of hydrogen-bond acceptors (Lipinski definition) is 5. The third-order valence-corrected chi connectivity index (χ3v) is 6.02. The van der Waals surface area contributed by atoms with E-state index in [-0.39, 0.29) is 17.7 Å². The lowest BCUT2D eigenvalue weighted by molar-refractivity contribution is -0.116. The Morgan fingerprint density at radius 2 is 1.88 bits per heavy atom. The third kappa shape index (κ3) is 2.56. The van der Waals surface area contributed by atoms with Crippen LogP contribution in [0, 0.1) is 0 Å². The molecule has 4 nitrogen and oxygen atoms in total. The van der Waals surface area contributed by atoms with Crippen LogP contribution in [0.15, 0.2) is 75.9 Å². The number of carbonyl (C=O) groups excluding carboxylic acids is 1. The summed E-state index contributed by atoms with van der Waals surface area (Å²) in [4.78, 5) is 14.3. The minimum Gasteiger partial charge on any atom is -0.469 e. The Hall–Kier alpha value is -2.79. The monoisotopic (exact) mass is 362 g/mol. The van der Waals surface area contributed by atoms with Gasteiger partial charge >= 0.3 is 0 Å². The van der Waals surface area contributed by atoms with E-state index in [1.54, 1.807) is 17.6 Å². The molecule has 3 heterocycles. The topological polar surface area (TPSA) is 54.3 Å². The molecule has 0 saturated heterocycles.